The Morgan fingerprint density at radius 3 is 2.66 bits per heavy atom. The molecule has 4 aromatic rings. The number of ether oxygens (including phenoxy) is 1. The lowest BCUT2D eigenvalue weighted by molar-refractivity contribution is -0.384. The third-order valence-corrected chi connectivity index (χ3v) is 4.69. The summed E-state index contributed by atoms with van der Waals surface area (Å²) in [6.07, 6.45) is 1.29. The summed E-state index contributed by atoms with van der Waals surface area (Å²) in [5.74, 6) is -1.95. The van der Waals surface area contributed by atoms with E-state index < -0.39 is 22.5 Å². The molecule has 160 valence electrons. The van der Waals surface area contributed by atoms with Gasteiger partial charge in [-0.1, -0.05) is 6.07 Å². The van der Waals surface area contributed by atoms with Crippen molar-refractivity contribution in [2.45, 2.75) is 13.8 Å². The Kier molecular flexibility index (Phi) is 5.19. The number of aromatic nitrogens is 3. The van der Waals surface area contributed by atoms with Crippen molar-refractivity contribution in [1.29, 1.82) is 0 Å². The van der Waals surface area contributed by atoms with Crippen LogP contribution in [0.4, 0.5) is 10.1 Å². The molecule has 0 unspecified atom stereocenters. The molecule has 2 aromatic heterocycles. The number of hydrogen-bond acceptors (Lipinski definition) is 7. The van der Waals surface area contributed by atoms with E-state index in [1.54, 1.807) is 19.1 Å². The number of halogens is 1. The molecule has 4 rings (SSSR count). The van der Waals surface area contributed by atoms with Gasteiger partial charge in [-0.05, 0) is 37.3 Å². The van der Waals surface area contributed by atoms with E-state index in [1.807, 2.05) is 0 Å². The highest BCUT2D eigenvalue weighted by molar-refractivity contribution is 6.12. The summed E-state index contributed by atoms with van der Waals surface area (Å²) in [5.41, 5.74) is 1.28. The average molecular weight is 434 g/mol. The van der Waals surface area contributed by atoms with Gasteiger partial charge < -0.3 is 4.74 Å². The van der Waals surface area contributed by atoms with Crippen LogP contribution >= 0.6 is 0 Å². The number of carbonyl (C=O) groups excluding carboxylic acids is 2. The number of aryl methyl sites for hydroxylation is 1. The number of benzene rings is 2. The Bertz CT molecular complexity index is 1410. The van der Waals surface area contributed by atoms with Gasteiger partial charge in [0.05, 0.1) is 21.9 Å². The Morgan fingerprint density at radius 2 is 1.94 bits per heavy atom. The van der Waals surface area contributed by atoms with Crippen molar-refractivity contribution >= 4 is 28.5 Å². The smallest absolute Gasteiger partial charge is 0.308 e. The van der Waals surface area contributed by atoms with Gasteiger partial charge >= 0.3 is 5.97 Å². The van der Waals surface area contributed by atoms with Crippen molar-refractivity contribution in [2.24, 2.45) is 0 Å². The molecule has 0 amide bonds. The maximum Gasteiger partial charge on any atom is 0.308 e. The van der Waals surface area contributed by atoms with E-state index in [0.29, 0.717) is 22.4 Å². The number of hydrogen-bond donors (Lipinski definition) is 0. The zero-order valence-electron chi connectivity index (χ0n) is 16.9. The molecule has 2 heterocycles. The largest absolute Gasteiger partial charge is 0.426 e. The lowest BCUT2D eigenvalue weighted by atomic mass is 10.0. The summed E-state index contributed by atoms with van der Waals surface area (Å²) < 4.78 is 20.3. The molecule has 32 heavy (non-hydrogen) atoms. The van der Waals surface area contributed by atoms with Crippen LogP contribution in [0.5, 0.6) is 5.75 Å². The fourth-order valence-corrected chi connectivity index (χ4v) is 3.27. The van der Waals surface area contributed by atoms with E-state index in [-0.39, 0.29) is 22.6 Å². The molecule has 0 aliphatic carbocycles. The van der Waals surface area contributed by atoms with E-state index in [4.69, 9.17) is 4.74 Å². The van der Waals surface area contributed by atoms with Gasteiger partial charge in [-0.3, -0.25) is 19.7 Å². The Labute approximate surface area is 180 Å². The number of nitro benzene ring substituents is 1. The van der Waals surface area contributed by atoms with Crippen LogP contribution in [0.1, 0.15) is 28.5 Å². The second-order valence-corrected chi connectivity index (χ2v) is 6.93. The van der Waals surface area contributed by atoms with Gasteiger partial charge in [0.2, 0.25) is 0 Å². The first-order valence-electron chi connectivity index (χ1n) is 9.37. The molecule has 9 nitrogen and oxygen atoms in total. The monoisotopic (exact) mass is 434 g/mol. The van der Waals surface area contributed by atoms with Gasteiger partial charge in [0.15, 0.2) is 11.4 Å². The summed E-state index contributed by atoms with van der Waals surface area (Å²) >= 11 is 0. The number of carbonyl (C=O) groups is 2. The summed E-state index contributed by atoms with van der Waals surface area (Å²) in [4.78, 5) is 39.3. The summed E-state index contributed by atoms with van der Waals surface area (Å²) in [6.45, 7) is 2.88. The number of nitrogens with zero attached hydrogens (tertiary/aromatic N) is 4. The molecule has 0 radical (unpaired) electrons. The predicted molar refractivity (Wildman–Crippen MR) is 111 cm³/mol. The van der Waals surface area contributed by atoms with Crippen LogP contribution in [0.2, 0.25) is 0 Å². The van der Waals surface area contributed by atoms with Crippen LogP contribution in [-0.4, -0.2) is 31.4 Å². The van der Waals surface area contributed by atoms with Gasteiger partial charge in [-0.15, -0.1) is 0 Å². The van der Waals surface area contributed by atoms with Gasteiger partial charge in [-0.25, -0.2) is 14.1 Å². The van der Waals surface area contributed by atoms with Crippen LogP contribution in [-0.2, 0) is 4.79 Å². The first-order valence-corrected chi connectivity index (χ1v) is 9.37. The average Bonchev–Trinajstić information content (AvgIpc) is 3.10. The van der Waals surface area contributed by atoms with Gasteiger partial charge in [0, 0.05) is 36.2 Å². The minimum atomic E-state index is -0.659. The number of esters is 1. The highest BCUT2D eigenvalue weighted by Gasteiger charge is 2.20. The third kappa shape index (κ3) is 3.81. The van der Waals surface area contributed by atoms with Crippen LogP contribution in [0, 0.1) is 22.9 Å². The van der Waals surface area contributed by atoms with Crippen LogP contribution in [0.25, 0.3) is 16.7 Å². The molecule has 0 spiro atoms. The highest BCUT2D eigenvalue weighted by atomic mass is 19.1. The SMILES string of the molecule is CC(=O)Oc1ccc(F)cc1C(=O)c1cnc2c(c1)c(C)nn2-c1cccc([N+](=O)[O-])c1. The molecule has 0 N–H and O–H groups in total. The normalized spacial score (nSPS) is 10.8. The van der Waals surface area contributed by atoms with Gasteiger partial charge in [0.1, 0.15) is 11.6 Å². The summed E-state index contributed by atoms with van der Waals surface area (Å²) in [5, 5.41) is 16.0. The lowest BCUT2D eigenvalue weighted by Gasteiger charge is -2.09. The number of non-ortho nitro benzene ring substituents is 1. The van der Waals surface area contributed by atoms with Crippen LogP contribution in [0.15, 0.2) is 54.7 Å². The van der Waals surface area contributed by atoms with Crippen molar-refractivity contribution in [3.63, 3.8) is 0 Å². The van der Waals surface area contributed by atoms with Crippen molar-refractivity contribution in [3.8, 4) is 11.4 Å². The maximum absolute atomic E-state index is 13.8. The highest BCUT2D eigenvalue weighted by Crippen LogP contribution is 2.27. The Morgan fingerprint density at radius 1 is 1.16 bits per heavy atom. The van der Waals surface area contributed by atoms with E-state index >= 15 is 0 Å². The number of ketones is 1. The maximum atomic E-state index is 13.8. The molecule has 0 fully saturated rings. The van der Waals surface area contributed by atoms with Crippen molar-refractivity contribution < 1.29 is 23.6 Å². The fourth-order valence-electron chi connectivity index (χ4n) is 3.27. The molecular weight excluding hydrogens is 419 g/mol. The quantitative estimate of drug-likeness (QED) is 0.154. The zero-order chi connectivity index (χ0) is 23.0. The molecule has 0 atom stereocenters. The zero-order valence-corrected chi connectivity index (χ0v) is 16.9. The molecule has 2 aromatic carbocycles. The van der Waals surface area contributed by atoms with Crippen LogP contribution in [0.3, 0.4) is 0 Å². The minimum Gasteiger partial charge on any atom is -0.426 e. The second kappa shape index (κ2) is 7.99. The topological polar surface area (TPSA) is 117 Å². The lowest BCUT2D eigenvalue weighted by Crippen LogP contribution is -2.09. The second-order valence-electron chi connectivity index (χ2n) is 6.93. The van der Waals surface area contributed by atoms with E-state index in [0.717, 1.165) is 12.1 Å². The number of fused-ring (bicyclic) bond motifs is 1. The van der Waals surface area contributed by atoms with Crippen LogP contribution < -0.4 is 4.74 Å². The van der Waals surface area contributed by atoms with E-state index in [1.165, 1.54) is 42.1 Å². The fraction of sp³-hybridized carbons (Fsp3) is 0.0909. The predicted octanol–water partition coefficient (Wildman–Crippen LogP) is 3.93. The molecule has 0 saturated carbocycles. The first-order chi connectivity index (χ1) is 15.2. The third-order valence-electron chi connectivity index (χ3n) is 4.69. The molecule has 0 aliphatic heterocycles. The number of nitro groups is 1. The first kappa shape index (κ1) is 20.8. The van der Waals surface area contributed by atoms with Gasteiger partial charge in [-0.2, -0.15) is 5.10 Å². The molecule has 0 aliphatic rings. The minimum absolute atomic E-state index is 0.0620. The van der Waals surface area contributed by atoms with E-state index in [9.17, 15) is 24.1 Å². The van der Waals surface area contributed by atoms with Crippen molar-refractivity contribution in [2.75, 3.05) is 0 Å². The molecule has 10 heteroatoms. The van der Waals surface area contributed by atoms with Gasteiger partial charge in [0.25, 0.3) is 5.69 Å². The molecular formula is C22H15FN4O5. The number of rotatable bonds is 5. The van der Waals surface area contributed by atoms with Crippen molar-refractivity contribution in [1.82, 2.24) is 14.8 Å². The summed E-state index contributed by atoms with van der Waals surface area (Å²) in [7, 11) is 0. The van der Waals surface area contributed by atoms with Crippen molar-refractivity contribution in [3.05, 3.63) is 87.5 Å². The molecule has 0 saturated heterocycles. The number of pyridine rings is 1. The van der Waals surface area contributed by atoms with E-state index in [2.05, 4.69) is 10.1 Å². The Balaban J connectivity index is 1.79. The summed E-state index contributed by atoms with van der Waals surface area (Å²) in [6, 6.07) is 10.8. The Hall–Kier alpha value is -4.47. The standard InChI is InChI=1S/C22H15FN4O5/c1-12-18-8-14(21(29)19-9-15(23)6-7-20(19)32-13(2)28)11-24-22(18)26(25-12)16-4-3-5-17(10-16)27(30)31/h3-11H,1-2H3. The molecule has 0 bridgehead atoms.